The molecule has 2 heterocycles. The lowest BCUT2D eigenvalue weighted by Crippen LogP contribution is -2.33. The number of anilines is 1. The molecule has 25 heavy (non-hydrogen) atoms. The highest BCUT2D eigenvalue weighted by Crippen LogP contribution is 2.37. The Labute approximate surface area is 147 Å². The quantitative estimate of drug-likeness (QED) is 0.762. The normalized spacial score (nSPS) is 17.8. The van der Waals surface area contributed by atoms with Gasteiger partial charge in [0.1, 0.15) is 0 Å². The first kappa shape index (κ1) is 19.3. The van der Waals surface area contributed by atoms with Crippen LogP contribution in [0.25, 0.3) is 11.5 Å². The molecule has 0 radical (unpaired) electrons. The van der Waals surface area contributed by atoms with Gasteiger partial charge in [-0.05, 0) is 50.0 Å². The van der Waals surface area contributed by atoms with Crippen LogP contribution in [-0.2, 0) is 6.18 Å². The van der Waals surface area contributed by atoms with E-state index in [9.17, 15) is 18.0 Å². The minimum atomic E-state index is -4.47. The van der Waals surface area contributed by atoms with E-state index in [0.29, 0.717) is 12.1 Å². The number of hydrogen-bond donors (Lipinski definition) is 3. The second-order valence-electron chi connectivity index (χ2n) is 5.77. The topological polar surface area (TPSA) is 83.0 Å². The standard InChI is InChI=1S/C15H17F3N4O2.ClH/c16-15(17,18)11-4-3-10(13-21-22-14(23)24-13)6-12(11)20-8-9-2-1-5-19-7-9;/h3-4,6,9,19-20H,1-2,5,7-8H2,(H,22,23);1H/t9-;/m1./s1. The third kappa shape index (κ3) is 4.76. The van der Waals surface area contributed by atoms with Crippen molar-refractivity contribution < 1.29 is 17.6 Å². The molecule has 10 heteroatoms. The molecular weight excluding hydrogens is 361 g/mol. The van der Waals surface area contributed by atoms with E-state index in [0.717, 1.165) is 32.0 Å². The van der Waals surface area contributed by atoms with Crippen molar-refractivity contribution in [1.29, 1.82) is 0 Å². The second kappa shape index (κ2) is 7.92. The molecule has 0 aliphatic carbocycles. The van der Waals surface area contributed by atoms with E-state index >= 15 is 0 Å². The summed E-state index contributed by atoms with van der Waals surface area (Å²) in [6, 6.07) is 3.50. The van der Waals surface area contributed by atoms with Crippen LogP contribution in [0.4, 0.5) is 18.9 Å². The SMILES string of the molecule is Cl.O=c1[nH]nc(-c2ccc(C(F)(F)F)c(NC[C@@H]3CCCNC3)c2)o1. The van der Waals surface area contributed by atoms with Crippen LogP contribution < -0.4 is 16.4 Å². The molecule has 0 unspecified atom stereocenters. The molecule has 1 fully saturated rings. The summed E-state index contributed by atoms with van der Waals surface area (Å²) in [4.78, 5) is 11.0. The minimum absolute atomic E-state index is 0. The Morgan fingerprint density at radius 2 is 2.16 bits per heavy atom. The lowest BCUT2D eigenvalue weighted by Gasteiger charge is -2.24. The summed E-state index contributed by atoms with van der Waals surface area (Å²) in [5.41, 5.74) is -0.505. The molecule has 1 aliphatic heterocycles. The fourth-order valence-corrected chi connectivity index (χ4v) is 2.78. The number of alkyl halides is 3. The lowest BCUT2D eigenvalue weighted by atomic mass is 9.99. The lowest BCUT2D eigenvalue weighted by molar-refractivity contribution is -0.136. The highest BCUT2D eigenvalue weighted by molar-refractivity contribution is 5.85. The molecule has 0 amide bonds. The van der Waals surface area contributed by atoms with Crippen molar-refractivity contribution in [1.82, 2.24) is 15.5 Å². The fraction of sp³-hybridized carbons (Fsp3) is 0.467. The number of aromatic amines is 1. The maximum atomic E-state index is 13.2. The van der Waals surface area contributed by atoms with Crippen LogP contribution in [0.3, 0.4) is 0 Å². The van der Waals surface area contributed by atoms with E-state index in [1.54, 1.807) is 0 Å². The highest BCUT2D eigenvalue weighted by Gasteiger charge is 2.34. The summed E-state index contributed by atoms with van der Waals surface area (Å²) in [5, 5.41) is 11.9. The van der Waals surface area contributed by atoms with E-state index in [4.69, 9.17) is 4.42 Å². The van der Waals surface area contributed by atoms with Crippen LogP contribution in [0.1, 0.15) is 18.4 Å². The molecule has 2 aromatic rings. The van der Waals surface area contributed by atoms with E-state index < -0.39 is 17.5 Å². The number of hydrogen-bond acceptors (Lipinski definition) is 5. The first-order valence-corrected chi connectivity index (χ1v) is 7.65. The molecular formula is C15H18ClF3N4O2. The van der Waals surface area contributed by atoms with Gasteiger partial charge in [0.2, 0.25) is 5.89 Å². The maximum Gasteiger partial charge on any atom is 0.434 e. The summed E-state index contributed by atoms with van der Waals surface area (Å²) in [6.07, 6.45) is -2.50. The molecule has 6 nitrogen and oxygen atoms in total. The van der Waals surface area contributed by atoms with Gasteiger partial charge in [0.15, 0.2) is 0 Å². The van der Waals surface area contributed by atoms with Crippen LogP contribution in [0, 0.1) is 5.92 Å². The first-order valence-electron chi connectivity index (χ1n) is 7.65. The van der Waals surface area contributed by atoms with Crippen molar-refractivity contribution in [2.45, 2.75) is 19.0 Å². The van der Waals surface area contributed by atoms with Gasteiger partial charge < -0.3 is 15.1 Å². The Hall–Kier alpha value is -2.00. The summed E-state index contributed by atoms with van der Waals surface area (Å²) in [7, 11) is 0. The number of piperidine rings is 1. The Morgan fingerprint density at radius 3 is 2.76 bits per heavy atom. The van der Waals surface area contributed by atoms with Crippen LogP contribution in [-0.4, -0.2) is 29.8 Å². The Kier molecular flexibility index (Phi) is 6.12. The van der Waals surface area contributed by atoms with Gasteiger partial charge in [-0.1, -0.05) is 0 Å². The van der Waals surface area contributed by atoms with Gasteiger partial charge in [0, 0.05) is 17.8 Å². The van der Waals surface area contributed by atoms with E-state index in [2.05, 4.69) is 20.8 Å². The van der Waals surface area contributed by atoms with Crippen molar-refractivity contribution >= 4 is 18.1 Å². The molecule has 1 aromatic heterocycles. The summed E-state index contributed by atoms with van der Waals surface area (Å²) in [5.74, 6) is -0.532. The Bertz CT molecular complexity index is 754. The molecule has 138 valence electrons. The number of aromatic nitrogens is 2. The van der Waals surface area contributed by atoms with Crippen molar-refractivity contribution in [3.05, 3.63) is 34.3 Å². The molecule has 3 N–H and O–H groups in total. The molecule has 1 saturated heterocycles. The third-order valence-electron chi connectivity index (χ3n) is 3.99. The van der Waals surface area contributed by atoms with Crippen LogP contribution in [0.2, 0.25) is 0 Å². The van der Waals surface area contributed by atoms with Gasteiger partial charge in [0.05, 0.1) is 5.56 Å². The van der Waals surface area contributed by atoms with Crippen LogP contribution in [0.15, 0.2) is 27.4 Å². The van der Waals surface area contributed by atoms with Gasteiger partial charge in [-0.2, -0.15) is 13.2 Å². The van der Waals surface area contributed by atoms with E-state index in [1.807, 2.05) is 0 Å². The molecule has 1 atom stereocenters. The zero-order chi connectivity index (χ0) is 17.2. The Morgan fingerprint density at radius 1 is 1.36 bits per heavy atom. The van der Waals surface area contributed by atoms with Crippen molar-refractivity contribution in [3.8, 4) is 11.5 Å². The number of nitrogens with zero attached hydrogens (tertiary/aromatic N) is 1. The van der Waals surface area contributed by atoms with Crippen molar-refractivity contribution in [2.24, 2.45) is 5.92 Å². The first-order chi connectivity index (χ1) is 11.4. The summed E-state index contributed by atoms with van der Waals surface area (Å²) < 4.78 is 44.4. The van der Waals surface area contributed by atoms with E-state index in [-0.39, 0.29) is 29.9 Å². The van der Waals surface area contributed by atoms with Gasteiger partial charge >= 0.3 is 11.9 Å². The maximum absolute atomic E-state index is 13.2. The zero-order valence-electron chi connectivity index (χ0n) is 13.2. The molecule has 0 spiro atoms. The largest absolute Gasteiger partial charge is 0.434 e. The molecule has 0 saturated carbocycles. The van der Waals surface area contributed by atoms with Crippen LogP contribution in [0.5, 0.6) is 0 Å². The molecule has 3 rings (SSSR count). The summed E-state index contributed by atoms with van der Waals surface area (Å²) >= 11 is 0. The average Bonchev–Trinajstić information content (AvgIpc) is 2.99. The number of halogens is 4. The Balaban J connectivity index is 0.00000225. The molecule has 0 bridgehead atoms. The number of H-pyrrole nitrogens is 1. The van der Waals surface area contributed by atoms with Crippen LogP contribution >= 0.6 is 12.4 Å². The predicted molar refractivity (Wildman–Crippen MR) is 88.9 cm³/mol. The summed E-state index contributed by atoms with van der Waals surface area (Å²) in [6.45, 7) is 2.16. The van der Waals surface area contributed by atoms with Crippen molar-refractivity contribution in [2.75, 3.05) is 25.0 Å². The number of benzene rings is 1. The second-order valence-corrected chi connectivity index (χ2v) is 5.77. The highest BCUT2D eigenvalue weighted by atomic mass is 35.5. The van der Waals surface area contributed by atoms with Gasteiger partial charge in [-0.3, -0.25) is 0 Å². The van der Waals surface area contributed by atoms with E-state index in [1.165, 1.54) is 12.1 Å². The number of rotatable bonds is 4. The smallest absolute Gasteiger partial charge is 0.388 e. The van der Waals surface area contributed by atoms with Gasteiger partial charge in [0.25, 0.3) is 0 Å². The molecule has 1 aliphatic rings. The van der Waals surface area contributed by atoms with Gasteiger partial charge in [-0.15, -0.1) is 17.5 Å². The monoisotopic (exact) mass is 378 g/mol. The number of nitrogens with one attached hydrogen (secondary N) is 3. The van der Waals surface area contributed by atoms with Crippen molar-refractivity contribution in [3.63, 3.8) is 0 Å². The third-order valence-corrected chi connectivity index (χ3v) is 3.99. The predicted octanol–water partition coefficient (Wildman–Crippen LogP) is 2.88. The fourth-order valence-electron chi connectivity index (χ4n) is 2.78. The molecule has 1 aromatic carbocycles. The minimum Gasteiger partial charge on any atom is -0.388 e. The zero-order valence-corrected chi connectivity index (χ0v) is 14.0. The van der Waals surface area contributed by atoms with Gasteiger partial charge in [-0.25, -0.2) is 9.89 Å². The average molecular weight is 379 g/mol.